The monoisotopic (exact) mass is 383 g/mol. The number of benzene rings is 1. The topological polar surface area (TPSA) is 77.7 Å². The van der Waals surface area contributed by atoms with E-state index in [2.05, 4.69) is 10.1 Å². The zero-order chi connectivity index (χ0) is 18.2. The molecule has 0 saturated carbocycles. The molecule has 0 aliphatic carbocycles. The van der Waals surface area contributed by atoms with Crippen molar-refractivity contribution in [3.63, 3.8) is 0 Å². The van der Waals surface area contributed by atoms with Crippen molar-refractivity contribution in [2.75, 3.05) is 19.7 Å². The highest BCUT2D eigenvalue weighted by Gasteiger charge is 2.36. The third-order valence-electron chi connectivity index (χ3n) is 4.82. The summed E-state index contributed by atoms with van der Waals surface area (Å²) in [4.78, 5) is 20.1. The first kappa shape index (κ1) is 16.3. The predicted molar refractivity (Wildman–Crippen MR) is 97.9 cm³/mol. The molecular weight excluding hydrogens is 366 g/mol. The molecule has 4 heterocycles. The number of amides is 1. The molecule has 1 aromatic carbocycles. The summed E-state index contributed by atoms with van der Waals surface area (Å²) in [5.74, 6) is 2.48. The number of thiophene rings is 1. The van der Waals surface area contributed by atoms with Gasteiger partial charge in [0.25, 0.3) is 11.8 Å². The first-order valence-corrected chi connectivity index (χ1v) is 9.70. The molecule has 5 rings (SSSR count). The molecular formula is C19H17N3O4S. The highest BCUT2D eigenvalue weighted by molar-refractivity contribution is 7.13. The highest BCUT2D eigenvalue weighted by Crippen LogP contribution is 2.33. The fourth-order valence-corrected chi connectivity index (χ4v) is 4.06. The van der Waals surface area contributed by atoms with Crippen LogP contribution in [0, 0.1) is 0 Å². The van der Waals surface area contributed by atoms with Crippen LogP contribution in [0.4, 0.5) is 0 Å². The van der Waals surface area contributed by atoms with Gasteiger partial charge in [0.15, 0.2) is 17.3 Å². The van der Waals surface area contributed by atoms with E-state index in [4.69, 9.17) is 14.0 Å². The van der Waals surface area contributed by atoms with E-state index in [1.165, 1.54) is 0 Å². The zero-order valence-electron chi connectivity index (χ0n) is 14.4. The largest absolute Gasteiger partial charge is 0.485 e. The summed E-state index contributed by atoms with van der Waals surface area (Å²) < 4.78 is 16.9. The summed E-state index contributed by atoms with van der Waals surface area (Å²) in [6, 6.07) is 11.3. The second-order valence-electron chi connectivity index (χ2n) is 6.57. The maximum atomic E-state index is 12.8. The third-order valence-corrected chi connectivity index (χ3v) is 5.68. The summed E-state index contributed by atoms with van der Waals surface area (Å²) >= 11 is 1.56. The van der Waals surface area contributed by atoms with E-state index in [-0.39, 0.29) is 18.4 Å². The second kappa shape index (κ2) is 6.70. The number of carbonyl (C=O) groups is 1. The molecule has 138 valence electrons. The van der Waals surface area contributed by atoms with E-state index in [1.54, 1.807) is 16.2 Å². The highest BCUT2D eigenvalue weighted by atomic mass is 32.1. The van der Waals surface area contributed by atoms with E-state index >= 15 is 0 Å². The number of aromatic nitrogens is 2. The first-order chi connectivity index (χ1) is 13.3. The normalized spacial score (nSPS) is 21.4. The van der Waals surface area contributed by atoms with Crippen molar-refractivity contribution in [3.05, 3.63) is 47.6 Å². The van der Waals surface area contributed by atoms with Gasteiger partial charge in [-0.1, -0.05) is 23.4 Å². The molecule has 2 aromatic heterocycles. The lowest BCUT2D eigenvalue weighted by Crippen LogP contribution is -2.45. The van der Waals surface area contributed by atoms with Crippen LogP contribution in [0.25, 0.3) is 10.8 Å². The Labute approximate surface area is 159 Å². The third kappa shape index (κ3) is 3.06. The van der Waals surface area contributed by atoms with E-state index in [0.717, 1.165) is 11.3 Å². The van der Waals surface area contributed by atoms with E-state index in [9.17, 15) is 4.79 Å². The van der Waals surface area contributed by atoms with Crippen LogP contribution < -0.4 is 9.47 Å². The van der Waals surface area contributed by atoms with E-state index in [0.29, 0.717) is 36.3 Å². The SMILES string of the molecule is O=C([C@@H]1COc2ccccc2O1)N1CC[C@@H](c2noc(-c3cccs3)n2)C1. The van der Waals surface area contributed by atoms with Gasteiger partial charge in [-0.3, -0.25) is 4.79 Å². The molecule has 7 nitrogen and oxygen atoms in total. The number of ether oxygens (including phenoxy) is 2. The number of carbonyl (C=O) groups excluding carboxylic acids is 1. The predicted octanol–water partition coefficient (Wildman–Crippen LogP) is 2.95. The number of likely N-dealkylation sites (tertiary alicyclic amines) is 1. The summed E-state index contributed by atoms with van der Waals surface area (Å²) in [6.07, 6.45) is 0.185. The molecule has 0 bridgehead atoms. The molecule has 1 fully saturated rings. The lowest BCUT2D eigenvalue weighted by molar-refractivity contribution is -0.140. The van der Waals surface area contributed by atoms with Crippen molar-refractivity contribution in [2.45, 2.75) is 18.4 Å². The van der Waals surface area contributed by atoms with E-state index in [1.807, 2.05) is 41.8 Å². The van der Waals surface area contributed by atoms with Gasteiger partial charge in [-0.05, 0) is 30.0 Å². The maximum absolute atomic E-state index is 12.8. The van der Waals surface area contributed by atoms with Gasteiger partial charge in [-0.2, -0.15) is 4.98 Å². The molecule has 0 radical (unpaired) electrons. The van der Waals surface area contributed by atoms with Gasteiger partial charge in [0.05, 0.1) is 4.88 Å². The lowest BCUT2D eigenvalue weighted by atomic mass is 10.1. The average Bonchev–Trinajstić information content (AvgIpc) is 3.47. The Morgan fingerprint density at radius 2 is 2.07 bits per heavy atom. The standard InChI is InChI=1S/C19H17N3O4S/c23-19(15-11-24-13-4-1-2-5-14(13)25-15)22-8-7-12(10-22)17-20-18(26-21-17)16-6-3-9-27-16/h1-6,9,12,15H,7-8,10-11H2/t12-,15+/m1/s1. The van der Waals surface area contributed by atoms with Gasteiger partial charge in [0.2, 0.25) is 6.10 Å². The van der Waals surface area contributed by atoms with Gasteiger partial charge in [0.1, 0.15) is 6.61 Å². The van der Waals surface area contributed by atoms with Crippen LogP contribution in [0.15, 0.2) is 46.3 Å². The molecule has 0 spiro atoms. The molecule has 2 aliphatic heterocycles. The molecule has 2 aliphatic rings. The number of nitrogens with zero attached hydrogens (tertiary/aromatic N) is 3. The summed E-state index contributed by atoms with van der Waals surface area (Å²) in [7, 11) is 0. The molecule has 0 N–H and O–H groups in total. The molecule has 8 heteroatoms. The molecule has 1 saturated heterocycles. The Morgan fingerprint density at radius 3 is 2.93 bits per heavy atom. The Morgan fingerprint density at radius 1 is 1.19 bits per heavy atom. The van der Waals surface area contributed by atoms with Crippen molar-refractivity contribution in [1.29, 1.82) is 0 Å². The number of rotatable bonds is 3. The van der Waals surface area contributed by atoms with Gasteiger partial charge >= 0.3 is 0 Å². The lowest BCUT2D eigenvalue weighted by Gasteiger charge is -2.28. The second-order valence-corrected chi connectivity index (χ2v) is 7.52. The molecule has 1 amide bonds. The fraction of sp³-hybridized carbons (Fsp3) is 0.316. The van der Waals surface area contributed by atoms with Gasteiger partial charge < -0.3 is 18.9 Å². The van der Waals surface area contributed by atoms with Crippen LogP contribution in [0.3, 0.4) is 0 Å². The Kier molecular flexibility index (Phi) is 4.05. The van der Waals surface area contributed by atoms with Crippen molar-refractivity contribution in [3.8, 4) is 22.3 Å². The molecule has 3 aromatic rings. The smallest absolute Gasteiger partial charge is 0.267 e. The molecule has 2 atom stereocenters. The minimum atomic E-state index is -0.620. The summed E-state index contributed by atoms with van der Waals surface area (Å²) in [6.45, 7) is 1.43. The minimum Gasteiger partial charge on any atom is -0.485 e. The average molecular weight is 383 g/mol. The van der Waals surface area contributed by atoms with Crippen LogP contribution in [0.5, 0.6) is 11.5 Å². The molecule has 27 heavy (non-hydrogen) atoms. The fourth-order valence-electron chi connectivity index (χ4n) is 3.42. The Hall–Kier alpha value is -2.87. The van der Waals surface area contributed by atoms with Gasteiger partial charge in [0, 0.05) is 19.0 Å². The van der Waals surface area contributed by atoms with Crippen molar-refractivity contribution < 1.29 is 18.8 Å². The van der Waals surface area contributed by atoms with Crippen LogP contribution in [-0.4, -0.2) is 46.7 Å². The summed E-state index contributed by atoms with van der Waals surface area (Å²) in [5, 5.41) is 6.09. The number of fused-ring (bicyclic) bond motifs is 1. The zero-order valence-corrected chi connectivity index (χ0v) is 15.2. The minimum absolute atomic E-state index is 0.0611. The van der Waals surface area contributed by atoms with Crippen LogP contribution in [0.1, 0.15) is 18.2 Å². The van der Waals surface area contributed by atoms with E-state index < -0.39 is 6.10 Å². The van der Waals surface area contributed by atoms with Crippen molar-refractivity contribution in [1.82, 2.24) is 15.0 Å². The maximum Gasteiger partial charge on any atom is 0.267 e. The Bertz CT molecular complexity index is 956. The van der Waals surface area contributed by atoms with Crippen molar-refractivity contribution >= 4 is 17.2 Å². The number of para-hydroxylation sites is 2. The Balaban J connectivity index is 1.25. The summed E-state index contributed by atoms with van der Waals surface area (Å²) in [5.41, 5.74) is 0. The van der Waals surface area contributed by atoms with Gasteiger partial charge in [-0.25, -0.2) is 0 Å². The molecule has 0 unspecified atom stereocenters. The number of hydrogen-bond acceptors (Lipinski definition) is 7. The van der Waals surface area contributed by atoms with Crippen LogP contribution >= 0.6 is 11.3 Å². The van der Waals surface area contributed by atoms with Crippen LogP contribution in [0.2, 0.25) is 0 Å². The number of hydrogen-bond donors (Lipinski definition) is 0. The quantitative estimate of drug-likeness (QED) is 0.692. The van der Waals surface area contributed by atoms with Crippen LogP contribution in [-0.2, 0) is 4.79 Å². The first-order valence-electron chi connectivity index (χ1n) is 8.82. The van der Waals surface area contributed by atoms with Crippen molar-refractivity contribution in [2.24, 2.45) is 0 Å². The van der Waals surface area contributed by atoms with Gasteiger partial charge in [-0.15, -0.1) is 11.3 Å².